The molecule has 2 rings (SSSR count). The summed E-state index contributed by atoms with van der Waals surface area (Å²) >= 11 is 2.44. The first-order valence-electron chi connectivity index (χ1n) is 5.31. The molecule has 0 aromatic heterocycles. The first-order valence-corrected chi connectivity index (χ1v) is 6.56. The highest BCUT2D eigenvalue weighted by Gasteiger charge is 2.43. The second kappa shape index (κ2) is 4.13. The van der Waals surface area contributed by atoms with Crippen LogP contribution >= 0.6 is 22.6 Å². The van der Waals surface area contributed by atoms with Gasteiger partial charge in [0, 0.05) is 3.92 Å². The molecule has 1 saturated carbocycles. The van der Waals surface area contributed by atoms with E-state index in [0.717, 1.165) is 6.42 Å². The monoisotopic (exact) mass is 311 g/mol. The number of hydrogen-bond donors (Lipinski definition) is 0. The largest absolute Gasteiger partial charge is 0.197 e. The van der Waals surface area contributed by atoms with Gasteiger partial charge >= 0.3 is 0 Å². The highest BCUT2D eigenvalue weighted by atomic mass is 127. The van der Waals surface area contributed by atoms with E-state index < -0.39 is 0 Å². The SMILES string of the molecule is Cc1ccc(C2(C#N)CCCC2I)cc1. The molecule has 1 nitrogen and oxygen atoms in total. The summed E-state index contributed by atoms with van der Waals surface area (Å²) in [5.74, 6) is 0. The van der Waals surface area contributed by atoms with Crippen molar-refractivity contribution in [2.24, 2.45) is 0 Å². The van der Waals surface area contributed by atoms with Crippen molar-refractivity contribution >= 4 is 22.6 Å². The van der Waals surface area contributed by atoms with Crippen molar-refractivity contribution in [1.82, 2.24) is 0 Å². The van der Waals surface area contributed by atoms with Crippen LogP contribution in [0, 0.1) is 18.3 Å². The van der Waals surface area contributed by atoms with E-state index in [-0.39, 0.29) is 5.41 Å². The number of nitrogens with zero attached hydrogens (tertiary/aromatic N) is 1. The molecule has 78 valence electrons. The second-order valence-electron chi connectivity index (χ2n) is 4.31. The molecule has 0 heterocycles. The van der Waals surface area contributed by atoms with Crippen LogP contribution in [0.4, 0.5) is 0 Å². The number of benzene rings is 1. The summed E-state index contributed by atoms with van der Waals surface area (Å²) in [5.41, 5.74) is 2.23. The van der Waals surface area contributed by atoms with Crippen LogP contribution in [0.2, 0.25) is 0 Å². The van der Waals surface area contributed by atoms with Crippen LogP contribution in [0.25, 0.3) is 0 Å². The lowest BCUT2D eigenvalue weighted by atomic mass is 9.80. The highest BCUT2D eigenvalue weighted by Crippen LogP contribution is 2.45. The molecule has 1 aromatic carbocycles. The number of nitriles is 1. The summed E-state index contributed by atoms with van der Waals surface area (Å²) in [6.07, 6.45) is 3.36. The summed E-state index contributed by atoms with van der Waals surface area (Å²) in [6, 6.07) is 11.0. The fourth-order valence-corrected chi connectivity index (χ4v) is 3.58. The van der Waals surface area contributed by atoms with Gasteiger partial charge in [0.25, 0.3) is 0 Å². The van der Waals surface area contributed by atoms with E-state index in [1.165, 1.54) is 24.0 Å². The molecule has 0 spiro atoms. The Hall–Kier alpha value is -0.560. The molecule has 0 radical (unpaired) electrons. The molecule has 2 unspecified atom stereocenters. The minimum atomic E-state index is -0.228. The predicted molar refractivity (Wildman–Crippen MR) is 70.1 cm³/mol. The summed E-state index contributed by atoms with van der Waals surface area (Å²) < 4.78 is 0.461. The summed E-state index contributed by atoms with van der Waals surface area (Å²) in [4.78, 5) is 0. The van der Waals surface area contributed by atoms with Crippen molar-refractivity contribution in [1.29, 1.82) is 5.26 Å². The molecule has 2 heteroatoms. The van der Waals surface area contributed by atoms with Crippen molar-refractivity contribution in [3.63, 3.8) is 0 Å². The Morgan fingerprint density at radius 3 is 2.53 bits per heavy atom. The Bertz CT molecular complexity index is 390. The Morgan fingerprint density at radius 1 is 1.40 bits per heavy atom. The Kier molecular flexibility index (Phi) is 3.01. The molecular formula is C13H14IN. The molecule has 0 bridgehead atoms. The average Bonchev–Trinajstić information content (AvgIpc) is 2.62. The van der Waals surface area contributed by atoms with Crippen LogP contribution in [-0.2, 0) is 5.41 Å². The zero-order valence-corrected chi connectivity index (χ0v) is 11.0. The van der Waals surface area contributed by atoms with Gasteiger partial charge in [0.05, 0.1) is 11.5 Å². The van der Waals surface area contributed by atoms with Gasteiger partial charge in [0.1, 0.15) is 0 Å². The van der Waals surface area contributed by atoms with Gasteiger partial charge in [-0.1, -0.05) is 58.8 Å². The van der Waals surface area contributed by atoms with Crippen LogP contribution in [0.5, 0.6) is 0 Å². The van der Waals surface area contributed by atoms with Crippen LogP contribution < -0.4 is 0 Å². The molecule has 1 aliphatic rings. The lowest BCUT2D eigenvalue weighted by Crippen LogP contribution is -2.28. The van der Waals surface area contributed by atoms with Crippen molar-refractivity contribution in [2.75, 3.05) is 0 Å². The van der Waals surface area contributed by atoms with Crippen molar-refractivity contribution < 1.29 is 0 Å². The fraction of sp³-hybridized carbons (Fsp3) is 0.462. The zero-order valence-electron chi connectivity index (χ0n) is 8.83. The lowest BCUT2D eigenvalue weighted by molar-refractivity contribution is 0.597. The third kappa shape index (κ3) is 1.78. The Morgan fingerprint density at radius 2 is 2.07 bits per heavy atom. The third-order valence-electron chi connectivity index (χ3n) is 3.33. The Labute approximate surface area is 105 Å². The molecular weight excluding hydrogens is 297 g/mol. The van der Waals surface area contributed by atoms with Crippen molar-refractivity contribution in [3.8, 4) is 6.07 Å². The number of rotatable bonds is 1. The lowest BCUT2D eigenvalue weighted by Gasteiger charge is -2.25. The second-order valence-corrected chi connectivity index (χ2v) is 5.81. The maximum atomic E-state index is 9.45. The van der Waals surface area contributed by atoms with E-state index in [9.17, 15) is 5.26 Å². The van der Waals surface area contributed by atoms with Gasteiger partial charge in [0.2, 0.25) is 0 Å². The predicted octanol–water partition coefficient (Wildman–Crippen LogP) is 3.74. The highest BCUT2D eigenvalue weighted by molar-refractivity contribution is 14.1. The van der Waals surface area contributed by atoms with E-state index in [2.05, 4.69) is 59.8 Å². The summed E-state index contributed by atoms with van der Waals surface area (Å²) in [6.45, 7) is 2.08. The molecule has 0 N–H and O–H groups in total. The zero-order chi connectivity index (χ0) is 10.9. The van der Waals surface area contributed by atoms with Gasteiger partial charge in [-0.25, -0.2) is 0 Å². The van der Waals surface area contributed by atoms with E-state index in [1.54, 1.807) is 0 Å². The standard InChI is InChI=1S/C13H14IN/c1-10-4-6-11(7-5-10)13(9-15)8-2-3-12(13)14/h4-7,12H,2-3,8H2,1H3. The van der Waals surface area contributed by atoms with Gasteiger partial charge in [-0.15, -0.1) is 0 Å². The van der Waals surface area contributed by atoms with E-state index in [4.69, 9.17) is 0 Å². The minimum Gasteiger partial charge on any atom is -0.197 e. The molecule has 2 atom stereocenters. The third-order valence-corrected chi connectivity index (χ3v) is 5.02. The number of halogens is 1. The molecule has 0 amide bonds. The normalized spacial score (nSPS) is 30.1. The molecule has 1 aromatic rings. The van der Waals surface area contributed by atoms with Gasteiger partial charge in [-0.05, 0) is 25.3 Å². The number of hydrogen-bond acceptors (Lipinski definition) is 1. The van der Waals surface area contributed by atoms with Gasteiger partial charge in [-0.3, -0.25) is 0 Å². The summed E-state index contributed by atoms with van der Waals surface area (Å²) in [7, 11) is 0. The molecule has 1 aliphatic carbocycles. The molecule has 0 aliphatic heterocycles. The van der Waals surface area contributed by atoms with Crippen LogP contribution in [0.1, 0.15) is 30.4 Å². The first-order chi connectivity index (χ1) is 7.19. The van der Waals surface area contributed by atoms with E-state index in [0.29, 0.717) is 3.92 Å². The van der Waals surface area contributed by atoms with Crippen LogP contribution in [0.15, 0.2) is 24.3 Å². The smallest absolute Gasteiger partial charge is 0.0939 e. The van der Waals surface area contributed by atoms with Crippen molar-refractivity contribution in [2.45, 2.75) is 35.5 Å². The van der Waals surface area contributed by atoms with Gasteiger partial charge in [0.15, 0.2) is 0 Å². The fourth-order valence-electron chi connectivity index (χ4n) is 2.33. The molecule has 15 heavy (non-hydrogen) atoms. The quantitative estimate of drug-likeness (QED) is 0.572. The maximum absolute atomic E-state index is 9.45. The van der Waals surface area contributed by atoms with Gasteiger partial charge < -0.3 is 0 Å². The number of aryl methyl sites for hydroxylation is 1. The summed E-state index contributed by atoms with van der Waals surface area (Å²) in [5, 5.41) is 9.45. The number of alkyl halides is 1. The van der Waals surface area contributed by atoms with E-state index >= 15 is 0 Å². The maximum Gasteiger partial charge on any atom is 0.0939 e. The average molecular weight is 311 g/mol. The first kappa shape index (κ1) is 10.9. The van der Waals surface area contributed by atoms with Gasteiger partial charge in [-0.2, -0.15) is 5.26 Å². The van der Waals surface area contributed by atoms with Crippen molar-refractivity contribution in [3.05, 3.63) is 35.4 Å². The topological polar surface area (TPSA) is 23.8 Å². The van der Waals surface area contributed by atoms with Crippen LogP contribution in [-0.4, -0.2) is 3.92 Å². The van der Waals surface area contributed by atoms with E-state index in [1.807, 2.05) is 0 Å². The molecule has 0 saturated heterocycles. The minimum absolute atomic E-state index is 0.228. The van der Waals surface area contributed by atoms with Crippen LogP contribution in [0.3, 0.4) is 0 Å². The molecule has 1 fully saturated rings. The Balaban J connectivity index is 2.43.